The molecule has 2 nitrogen and oxygen atoms in total. The van der Waals surface area contributed by atoms with Crippen molar-refractivity contribution in [3.8, 4) is 16.9 Å². The van der Waals surface area contributed by atoms with Crippen LogP contribution >= 0.6 is 11.8 Å². The molecule has 0 aliphatic carbocycles. The normalized spacial score (nSPS) is 11.2. The third-order valence-electron chi connectivity index (χ3n) is 4.43. The van der Waals surface area contributed by atoms with E-state index in [4.69, 9.17) is 4.98 Å². The van der Waals surface area contributed by atoms with Crippen molar-refractivity contribution in [3.63, 3.8) is 0 Å². The smallest absolute Gasteiger partial charge is 0.263 e. The Hall–Kier alpha value is -2.99. The van der Waals surface area contributed by atoms with Crippen molar-refractivity contribution in [2.24, 2.45) is 0 Å². The van der Waals surface area contributed by atoms with Crippen molar-refractivity contribution in [2.45, 2.75) is 17.3 Å². The van der Waals surface area contributed by atoms with Gasteiger partial charge in [0.05, 0.1) is 11.4 Å². The molecule has 0 atom stereocenters. The first-order valence-electron chi connectivity index (χ1n) is 9.01. The second kappa shape index (κ2) is 8.57. The molecule has 4 rings (SSSR count). The zero-order valence-corrected chi connectivity index (χ0v) is 16.1. The fraction of sp³-hybridized carbons (Fsp3) is 0.0870. The predicted octanol–water partition coefficient (Wildman–Crippen LogP) is 6.91. The molecule has 1 heterocycles. The molecule has 0 spiro atoms. The summed E-state index contributed by atoms with van der Waals surface area (Å²) in [4.78, 5) is 4.73. The molecule has 0 N–H and O–H groups in total. The average molecular weight is 410 g/mol. The topological polar surface area (TPSA) is 17.8 Å². The van der Waals surface area contributed by atoms with Crippen LogP contribution in [0.25, 0.3) is 16.9 Å². The van der Waals surface area contributed by atoms with Crippen LogP contribution in [-0.4, -0.2) is 9.55 Å². The Morgan fingerprint density at radius 2 is 1.66 bits per heavy atom. The highest BCUT2D eigenvalue weighted by atomic mass is 32.2. The van der Waals surface area contributed by atoms with E-state index < -0.39 is 6.43 Å². The number of imidazole rings is 1. The number of alkyl halides is 2. The van der Waals surface area contributed by atoms with Crippen LogP contribution in [0.3, 0.4) is 0 Å². The third kappa shape index (κ3) is 4.54. The predicted molar refractivity (Wildman–Crippen MR) is 110 cm³/mol. The summed E-state index contributed by atoms with van der Waals surface area (Å²) in [5.74, 6) is 0.236. The van der Waals surface area contributed by atoms with Gasteiger partial charge < -0.3 is 0 Å². The van der Waals surface area contributed by atoms with Gasteiger partial charge in [0.2, 0.25) is 0 Å². The van der Waals surface area contributed by atoms with Gasteiger partial charge in [0, 0.05) is 23.1 Å². The molecule has 6 heteroatoms. The van der Waals surface area contributed by atoms with E-state index in [2.05, 4.69) is 0 Å². The van der Waals surface area contributed by atoms with Crippen LogP contribution in [0.5, 0.6) is 0 Å². The molecule has 0 aliphatic rings. The molecule has 0 saturated heterocycles. The van der Waals surface area contributed by atoms with Gasteiger partial charge in [-0.2, -0.15) is 0 Å². The standard InChI is InChI=1S/C23H17F3N2S/c24-19-7-4-8-20(13-19)28-14-21(17-5-2-1-3-6-17)27-23(28)29-15-16-9-11-18(12-10-16)22(25)26/h1-14,22H,15H2. The van der Waals surface area contributed by atoms with E-state index in [0.717, 1.165) is 16.8 Å². The lowest BCUT2D eigenvalue weighted by Crippen LogP contribution is -1.96. The summed E-state index contributed by atoms with van der Waals surface area (Å²) in [6.45, 7) is 0. The summed E-state index contributed by atoms with van der Waals surface area (Å²) >= 11 is 1.47. The van der Waals surface area contributed by atoms with Crippen LogP contribution in [0.2, 0.25) is 0 Å². The Morgan fingerprint density at radius 1 is 0.897 bits per heavy atom. The lowest BCUT2D eigenvalue weighted by Gasteiger charge is -2.08. The van der Waals surface area contributed by atoms with Crippen LogP contribution in [0.15, 0.2) is 90.2 Å². The number of halogens is 3. The highest BCUT2D eigenvalue weighted by Crippen LogP contribution is 2.30. The molecule has 0 aliphatic heterocycles. The minimum Gasteiger partial charge on any atom is -0.294 e. The van der Waals surface area contributed by atoms with Crippen LogP contribution in [0.4, 0.5) is 13.2 Å². The second-order valence-corrected chi connectivity index (χ2v) is 7.40. The first-order chi connectivity index (χ1) is 14.1. The van der Waals surface area contributed by atoms with E-state index >= 15 is 0 Å². The third-order valence-corrected chi connectivity index (χ3v) is 5.45. The van der Waals surface area contributed by atoms with Crippen molar-refractivity contribution in [2.75, 3.05) is 0 Å². The van der Waals surface area contributed by atoms with Crippen LogP contribution in [0.1, 0.15) is 17.6 Å². The van der Waals surface area contributed by atoms with Gasteiger partial charge in [-0.15, -0.1) is 0 Å². The summed E-state index contributed by atoms with van der Waals surface area (Å²) in [5, 5.41) is 0.701. The highest BCUT2D eigenvalue weighted by molar-refractivity contribution is 7.98. The molecule has 29 heavy (non-hydrogen) atoms. The number of rotatable bonds is 6. The minimum absolute atomic E-state index is 0.00590. The zero-order chi connectivity index (χ0) is 20.2. The molecule has 0 fully saturated rings. The van der Waals surface area contributed by atoms with Crippen LogP contribution < -0.4 is 0 Å². The molecule has 0 bridgehead atoms. The Balaban J connectivity index is 1.64. The number of nitrogens with zero attached hydrogens (tertiary/aromatic N) is 2. The van der Waals surface area contributed by atoms with E-state index in [9.17, 15) is 13.2 Å². The maximum Gasteiger partial charge on any atom is 0.263 e. The largest absolute Gasteiger partial charge is 0.294 e. The maximum absolute atomic E-state index is 13.8. The quantitative estimate of drug-likeness (QED) is 0.322. The summed E-state index contributed by atoms with van der Waals surface area (Å²) < 4.78 is 41.1. The van der Waals surface area contributed by atoms with E-state index in [1.54, 1.807) is 18.2 Å². The molecule has 0 amide bonds. The molecule has 146 valence electrons. The van der Waals surface area contributed by atoms with E-state index in [0.29, 0.717) is 16.6 Å². The molecule has 0 unspecified atom stereocenters. The fourth-order valence-corrected chi connectivity index (χ4v) is 3.88. The average Bonchev–Trinajstić information content (AvgIpc) is 3.17. The number of benzene rings is 3. The summed E-state index contributed by atoms with van der Waals surface area (Å²) in [6.07, 6.45) is -0.594. The number of thioether (sulfide) groups is 1. The Kier molecular flexibility index (Phi) is 5.71. The first-order valence-corrected chi connectivity index (χ1v) is 9.99. The monoisotopic (exact) mass is 410 g/mol. The highest BCUT2D eigenvalue weighted by Gasteiger charge is 2.13. The summed E-state index contributed by atoms with van der Waals surface area (Å²) in [6, 6.07) is 22.4. The lowest BCUT2D eigenvalue weighted by molar-refractivity contribution is 0.151. The van der Waals surface area contributed by atoms with Gasteiger partial charge in [-0.3, -0.25) is 4.57 Å². The van der Waals surface area contributed by atoms with Crippen molar-refractivity contribution < 1.29 is 13.2 Å². The van der Waals surface area contributed by atoms with Gasteiger partial charge in [0.15, 0.2) is 5.16 Å². The van der Waals surface area contributed by atoms with Crippen molar-refractivity contribution in [1.82, 2.24) is 9.55 Å². The summed E-state index contributed by atoms with van der Waals surface area (Å²) in [7, 11) is 0. The van der Waals surface area contributed by atoms with Crippen LogP contribution in [0, 0.1) is 5.82 Å². The van der Waals surface area contributed by atoms with Gasteiger partial charge >= 0.3 is 0 Å². The molecular formula is C23H17F3N2S. The fourth-order valence-electron chi connectivity index (χ4n) is 2.93. The van der Waals surface area contributed by atoms with Crippen molar-refractivity contribution >= 4 is 11.8 Å². The molecule has 3 aromatic carbocycles. The number of hydrogen-bond acceptors (Lipinski definition) is 2. The second-order valence-electron chi connectivity index (χ2n) is 6.46. The Labute approximate surface area is 171 Å². The van der Waals surface area contributed by atoms with E-state index in [-0.39, 0.29) is 11.4 Å². The van der Waals surface area contributed by atoms with Gasteiger partial charge in [0.25, 0.3) is 6.43 Å². The van der Waals surface area contributed by atoms with Gasteiger partial charge in [-0.1, -0.05) is 72.4 Å². The molecule has 0 radical (unpaired) electrons. The first kappa shape index (κ1) is 19.3. The summed E-state index contributed by atoms with van der Waals surface area (Å²) in [5.41, 5.74) is 3.34. The molecule has 0 saturated carbocycles. The van der Waals surface area contributed by atoms with E-state index in [1.807, 2.05) is 47.2 Å². The zero-order valence-electron chi connectivity index (χ0n) is 15.3. The SMILES string of the molecule is Fc1cccc(-n2cc(-c3ccccc3)nc2SCc2ccc(C(F)F)cc2)c1. The number of hydrogen-bond donors (Lipinski definition) is 0. The minimum atomic E-state index is -2.47. The molecular weight excluding hydrogens is 393 g/mol. The van der Waals surface area contributed by atoms with Crippen LogP contribution in [-0.2, 0) is 5.75 Å². The lowest BCUT2D eigenvalue weighted by atomic mass is 10.2. The Bertz CT molecular complexity index is 1090. The molecule has 1 aromatic heterocycles. The Morgan fingerprint density at radius 3 is 2.34 bits per heavy atom. The number of aromatic nitrogens is 2. The van der Waals surface area contributed by atoms with Crippen molar-refractivity contribution in [3.05, 3.63) is 102 Å². The van der Waals surface area contributed by atoms with Gasteiger partial charge in [-0.25, -0.2) is 18.2 Å². The van der Waals surface area contributed by atoms with Crippen molar-refractivity contribution in [1.29, 1.82) is 0 Å². The maximum atomic E-state index is 13.8. The van der Waals surface area contributed by atoms with E-state index in [1.165, 1.54) is 36.0 Å². The van der Waals surface area contributed by atoms with Gasteiger partial charge in [0.1, 0.15) is 5.82 Å². The molecule has 4 aromatic rings. The van der Waals surface area contributed by atoms with Gasteiger partial charge in [-0.05, 0) is 23.8 Å².